The standard InChI is InChI=1S/C37H28O16/c38-33(21-5-1-9-25-29(21)50-17-46-25)42-13-37(14-43-34(39)22-6-2-10-26-30(22)51-18-47-26,15-44-35(40)23-7-3-11-27-31(23)52-19-48-27)16-45-36(41)24-8-4-12-28-32(24)53-20-49-28/h1-12H,13-20H2. The molecule has 4 aliphatic heterocycles. The van der Waals surface area contributed by atoms with Gasteiger partial charge in [0.1, 0.15) is 54.1 Å². The van der Waals surface area contributed by atoms with Crippen LogP contribution in [0, 0.1) is 5.41 Å². The summed E-state index contributed by atoms with van der Waals surface area (Å²) in [6.45, 7) is -2.74. The first-order chi connectivity index (χ1) is 25.9. The molecule has 0 radical (unpaired) electrons. The quantitative estimate of drug-likeness (QED) is 0.149. The zero-order valence-corrected chi connectivity index (χ0v) is 27.6. The van der Waals surface area contributed by atoms with Gasteiger partial charge in [-0.1, -0.05) is 24.3 Å². The van der Waals surface area contributed by atoms with Crippen molar-refractivity contribution in [2.45, 2.75) is 0 Å². The SMILES string of the molecule is O=C(OCC(COC(=O)c1cccc2c1OCO2)(COC(=O)c1cccc2c1OCO2)COC(=O)c1cccc2c1OCO2)c1cccc2c1OCO2. The lowest BCUT2D eigenvalue weighted by Crippen LogP contribution is -2.44. The fourth-order valence-corrected chi connectivity index (χ4v) is 5.80. The third-order valence-electron chi connectivity index (χ3n) is 8.50. The fourth-order valence-electron chi connectivity index (χ4n) is 5.80. The maximum absolute atomic E-state index is 13.5. The van der Waals surface area contributed by atoms with E-state index in [2.05, 4.69) is 0 Å². The van der Waals surface area contributed by atoms with Crippen molar-refractivity contribution >= 4 is 23.9 Å². The number of fused-ring (bicyclic) bond motifs is 4. The molecule has 0 N–H and O–H groups in total. The minimum absolute atomic E-state index is 0.0471. The van der Waals surface area contributed by atoms with Crippen molar-refractivity contribution in [2.24, 2.45) is 5.41 Å². The molecule has 0 aromatic heterocycles. The molecule has 0 bridgehead atoms. The molecule has 0 amide bonds. The molecule has 53 heavy (non-hydrogen) atoms. The molecular formula is C37H28O16. The molecule has 0 aliphatic carbocycles. The second-order valence-corrected chi connectivity index (χ2v) is 12.0. The van der Waals surface area contributed by atoms with Gasteiger partial charge in [-0.15, -0.1) is 0 Å². The summed E-state index contributed by atoms with van der Waals surface area (Å²) < 4.78 is 66.6. The average molecular weight is 729 g/mol. The van der Waals surface area contributed by atoms with Gasteiger partial charge in [0.2, 0.25) is 27.2 Å². The number of carbonyl (C=O) groups excluding carboxylic acids is 4. The van der Waals surface area contributed by atoms with E-state index in [4.69, 9.17) is 56.8 Å². The number of rotatable bonds is 12. The summed E-state index contributed by atoms with van der Waals surface area (Å²) in [6, 6.07) is 18.8. The van der Waals surface area contributed by atoms with E-state index >= 15 is 0 Å². The number of esters is 4. The number of hydrogen-bond donors (Lipinski definition) is 0. The Bertz CT molecular complexity index is 1810. The fraction of sp³-hybridized carbons (Fsp3) is 0.243. The zero-order valence-electron chi connectivity index (χ0n) is 27.6. The molecule has 0 fully saturated rings. The van der Waals surface area contributed by atoms with Crippen LogP contribution in [-0.4, -0.2) is 77.5 Å². The van der Waals surface area contributed by atoms with Crippen LogP contribution in [0.15, 0.2) is 72.8 Å². The van der Waals surface area contributed by atoms with Gasteiger partial charge in [-0.25, -0.2) is 19.2 Å². The molecule has 4 aromatic carbocycles. The third kappa shape index (κ3) is 6.57. The van der Waals surface area contributed by atoms with Crippen LogP contribution in [0.3, 0.4) is 0 Å². The molecule has 16 heteroatoms. The molecule has 8 rings (SSSR count). The van der Waals surface area contributed by atoms with Crippen LogP contribution in [0.25, 0.3) is 0 Å². The van der Waals surface area contributed by atoms with Crippen LogP contribution < -0.4 is 37.9 Å². The second-order valence-electron chi connectivity index (χ2n) is 12.0. The van der Waals surface area contributed by atoms with Gasteiger partial charge in [0.15, 0.2) is 46.0 Å². The highest BCUT2D eigenvalue weighted by Crippen LogP contribution is 2.40. The highest BCUT2D eigenvalue weighted by molar-refractivity contribution is 5.96. The van der Waals surface area contributed by atoms with Crippen molar-refractivity contribution < 1.29 is 76.0 Å². The van der Waals surface area contributed by atoms with Crippen molar-refractivity contribution in [3.8, 4) is 46.0 Å². The Morgan fingerprint density at radius 3 is 0.887 bits per heavy atom. The summed E-state index contributed by atoms with van der Waals surface area (Å²) in [7, 11) is 0. The van der Waals surface area contributed by atoms with Gasteiger partial charge in [0, 0.05) is 0 Å². The third-order valence-corrected chi connectivity index (χ3v) is 8.50. The van der Waals surface area contributed by atoms with Crippen molar-refractivity contribution in [1.82, 2.24) is 0 Å². The first-order valence-corrected chi connectivity index (χ1v) is 16.1. The molecule has 272 valence electrons. The molecule has 0 unspecified atom stereocenters. The molecule has 0 spiro atoms. The molecular weight excluding hydrogens is 700 g/mol. The Morgan fingerprint density at radius 1 is 0.396 bits per heavy atom. The molecule has 4 aromatic rings. The Hall–Kier alpha value is -6.84. The van der Waals surface area contributed by atoms with Gasteiger partial charge < -0.3 is 56.8 Å². The number of carbonyl (C=O) groups is 4. The Balaban J connectivity index is 1.10. The van der Waals surface area contributed by atoms with Crippen LogP contribution in [0.5, 0.6) is 46.0 Å². The largest absolute Gasteiger partial charge is 0.461 e. The number of benzene rings is 4. The second kappa shape index (κ2) is 14.1. The van der Waals surface area contributed by atoms with Crippen LogP contribution in [0.4, 0.5) is 0 Å². The number of ether oxygens (including phenoxy) is 12. The van der Waals surface area contributed by atoms with Crippen molar-refractivity contribution in [3.05, 3.63) is 95.1 Å². The lowest BCUT2D eigenvalue weighted by molar-refractivity contribution is -0.0643. The molecule has 4 heterocycles. The monoisotopic (exact) mass is 728 g/mol. The Morgan fingerprint density at radius 2 is 0.642 bits per heavy atom. The van der Waals surface area contributed by atoms with Crippen molar-refractivity contribution in [1.29, 1.82) is 0 Å². The molecule has 0 atom stereocenters. The van der Waals surface area contributed by atoms with E-state index < -0.39 is 55.7 Å². The summed E-state index contributed by atoms with van der Waals surface area (Å²) in [6.07, 6.45) is 0. The van der Waals surface area contributed by atoms with E-state index in [9.17, 15) is 19.2 Å². The number of hydrogen-bond acceptors (Lipinski definition) is 16. The van der Waals surface area contributed by atoms with E-state index in [0.717, 1.165) is 0 Å². The van der Waals surface area contributed by atoms with Gasteiger partial charge in [0.05, 0.1) is 0 Å². The topological polar surface area (TPSA) is 179 Å². The van der Waals surface area contributed by atoms with Gasteiger partial charge in [-0.3, -0.25) is 0 Å². The maximum Gasteiger partial charge on any atom is 0.342 e. The van der Waals surface area contributed by atoms with E-state index in [1.165, 1.54) is 24.3 Å². The maximum atomic E-state index is 13.5. The highest BCUT2D eigenvalue weighted by Gasteiger charge is 2.40. The first kappa shape index (κ1) is 33.3. The van der Waals surface area contributed by atoms with Gasteiger partial charge in [-0.2, -0.15) is 0 Å². The normalized spacial score (nSPS) is 14.0. The summed E-state index contributed by atoms with van der Waals surface area (Å²) in [4.78, 5) is 54.2. The van der Waals surface area contributed by atoms with Crippen LogP contribution in [0.1, 0.15) is 41.4 Å². The lowest BCUT2D eigenvalue weighted by Gasteiger charge is -2.31. The van der Waals surface area contributed by atoms with Gasteiger partial charge in [0.25, 0.3) is 0 Å². The van der Waals surface area contributed by atoms with Crippen molar-refractivity contribution in [2.75, 3.05) is 53.6 Å². The van der Waals surface area contributed by atoms with E-state index in [0.29, 0.717) is 23.0 Å². The summed E-state index contributed by atoms with van der Waals surface area (Å²) >= 11 is 0. The van der Waals surface area contributed by atoms with Crippen molar-refractivity contribution in [3.63, 3.8) is 0 Å². The Labute approximate surface area is 299 Å². The van der Waals surface area contributed by atoms with E-state index in [1.54, 1.807) is 48.5 Å². The predicted molar refractivity (Wildman–Crippen MR) is 174 cm³/mol. The minimum Gasteiger partial charge on any atom is -0.461 e. The summed E-state index contributed by atoms with van der Waals surface area (Å²) in [5, 5.41) is 0. The molecule has 4 aliphatic rings. The average Bonchev–Trinajstić information content (AvgIpc) is 4.03. The van der Waals surface area contributed by atoms with E-state index in [1.807, 2.05) is 0 Å². The highest BCUT2D eigenvalue weighted by atomic mass is 16.7. The zero-order chi connectivity index (χ0) is 36.4. The molecule has 0 saturated carbocycles. The summed E-state index contributed by atoms with van der Waals surface area (Å²) in [5.41, 5.74) is -1.51. The van der Waals surface area contributed by atoms with Crippen LogP contribution in [-0.2, 0) is 18.9 Å². The Kier molecular flexibility index (Phi) is 8.83. The number of para-hydroxylation sites is 4. The van der Waals surface area contributed by atoms with Gasteiger partial charge in [-0.05, 0) is 48.5 Å². The molecule has 0 saturated heterocycles. The van der Waals surface area contributed by atoms with Crippen LogP contribution >= 0.6 is 0 Å². The van der Waals surface area contributed by atoms with Crippen LogP contribution in [0.2, 0.25) is 0 Å². The smallest absolute Gasteiger partial charge is 0.342 e. The summed E-state index contributed by atoms with van der Waals surface area (Å²) in [5.74, 6) is -1.31. The van der Waals surface area contributed by atoms with E-state index in [-0.39, 0.29) is 72.4 Å². The van der Waals surface area contributed by atoms with Gasteiger partial charge >= 0.3 is 23.9 Å². The predicted octanol–water partition coefficient (Wildman–Crippen LogP) is 4.32. The lowest BCUT2D eigenvalue weighted by atomic mass is 9.92. The first-order valence-electron chi connectivity index (χ1n) is 16.1. The minimum atomic E-state index is -1.70. The molecule has 16 nitrogen and oxygen atoms in total.